The molecule has 9 nitrogen and oxygen atoms in total. The van der Waals surface area contributed by atoms with Crippen molar-refractivity contribution < 1.29 is 19.4 Å². The summed E-state index contributed by atoms with van der Waals surface area (Å²) in [5.41, 5.74) is -0.604. The van der Waals surface area contributed by atoms with Crippen LogP contribution in [0.3, 0.4) is 0 Å². The zero-order chi connectivity index (χ0) is 21.8. The molecule has 0 spiro atoms. The van der Waals surface area contributed by atoms with Gasteiger partial charge in [-0.1, -0.05) is 11.6 Å². The van der Waals surface area contributed by atoms with E-state index in [-0.39, 0.29) is 24.0 Å². The molecule has 10 heteroatoms. The number of methoxy groups -OCH3 is 2. The number of amides is 1. The van der Waals surface area contributed by atoms with Crippen molar-refractivity contribution in [2.24, 2.45) is 0 Å². The normalized spacial score (nSPS) is 10.8. The molecule has 0 unspecified atom stereocenters. The smallest absolute Gasteiger partial charge is 0.332 e. The highest BCUT2D eigenvalue weighted by molar-refractivity contribution is 6.30. The maximum Gasteiger partial charge on any atom is 0.332 e. The van der Waals surface area contributed by atoms with E-state index in [1.165, 1.54) is 26.4 Å². The van der Waals surface area contributed by atoms with Gasteiger partial charge in [0.2, 0.25) is 5.91 Å². The fourth-order valence-electron chi connectivity index (χ4n) is 3.07. The van der Waals surface area contributed by atoms with Crippen LogP contribution in [0, 0.1) is 0 Å². The number of benzene rings is 2. The number of carbonyl (C=O) groups is 1. The van der Waals surface area contributed by atoms with Gasteiger partial charge in [-0.25, -0.2) is 4.79 Å². The first-order valence-corrected chi connectivity index (χ1v) is 9.33. The highest BCUT2D eigenvalue weighted by Crippen LogP contribution is 2.30. The lowest BCUT2D eigenvalue weighted by molar-refractivity contribution is -0.116. The number of aromatic nitrogens is 2. The Morgan fingerprint density at radius 1 is 1.07 bits per heavy atom. The average Bonchev–Trinajstić information content (AvgIpc) is 2.74. The predicted molar refractivity (Wildman–Crippen MR) is 113 cm³/mol. The molecule has 3 aromatic rings. The quantitative estimate of drug-likeness (QED) is 0.583. The van der Waals surface area contributed by atoms with E-state index >= 15 is 0 Å². The van der Waals surface area contributed by atoms with Crippen LogP contribution in [0.15, 0.2) is 46.0 Å². The molecule has 2 N–H and O–H groups in total. The summed E-state index contributed by atoms with van der Waals surface area (Å²) >= 11 is 5.85. The van der Waals surface area contributed by atoms with Crippen molar-refractivity contribution in [3.63, 3.8) is 0 Å². The van der Waals surface area contributed by atoms with E-state index in [9.17, 15) is 19.5 Å². The van der Waals surface area contributed by atoms with Crippen LogP contribution in [0.25, 0.3) is 10.9 Å². The lowest BCUT2D eigenvalue weighted by Gasteiger charge is -2.16. The molecule has 0 radical (unpaired) electrons. The standard InChI is InChI=1S/C20H20ClN3O6/c1-29-16-9-14-15(10-17(16)30-2)24(20(28)23(7-8-25)19(14)27)11-18(26)22-13-5-3-12(21)4-6-13/h3-6,9-10,25H,7-8,11H2,1-2H3,(H,22,26). The molecule has 1 amide bonds. The average molecular weight is 434 g/mol. The Kier molecular flexibility index (Phi) is 6.43. The predicted octanol–water partition coefficient (Wildman–Crippen LogP) is 1.46. The first-order chi connectivity index (χ1) is 14.4. The molecule has 2 aromatic carbocycles. The van der Waals surface area contributed by atoms with Crippen molar-refractivity contribution in [1.82, 2.24) is 9.13 Å². The van der Waals surface area contributed by atoms with Crippen LogP contribution >= 0.6 is 11.6 Å². The number of anilines is 1. The fraction of sp³-hybridized carbons (Fsp3) is 0.250. The molecule has 1 heterocycles. The monoisotopic (exact) mass is 433 g/mol. The second-order valence-corrected chi connectivity index (χ2v) is 6.76. The van der Waals surface area contributed by atoms with Crippen molar-refractivity contribution in [1.29, 1.82) is 0 Å². The Morgan fingerprint density at radius 2 is 1.70 bits per heavy atom. The van der Waals surface area contributed by atoms with Gasteiger partial charge in [-0.15, -0.1) is 0 Å². The maximum atomic E-state index is 12.9. The van der Waals surface area contributed by atoms with E-state index in [1.807, 2.05) is 0 Å². The summed E-state index contributed by atoms with van der Waals surface area (Å²) in [6.07, 6.45) is 0. The number of nitrogens with zero attached hydrogens (tertiary/aromatic N) is 2. The first-order valence-electron chi connectivity index (χ1n) is 8.95. The van der Waals surface area contributed by atoms with Gasteiger partial charge in [0.15, 0.2) is 11.5 Å². The third-order valence-electron chi connectivity index (χ3n) is 4.48. The Labute approximate surface area is 176 Å². The maximum absolute atomic E-state index is 12.9. The second-order valence-electron chi connectivity index (χ2n) is 6.33. The van der Waals surface area contributed by atoms with Gasteiger partial charge < -0.3 is 19.9 Å². The van der Waals surface area contributed by atoms with Crippen LogP contribution in [0.4, 0.5) is 5.69 Å². The van der Waals surface area contributed by atoms with Gasteiger partial charge in [-0.2, -0.15) is 0 Å². The van der Waals surface area contributed by atoms with Crippen LogP contribution < -0.4 is 26.0 Å². The van der Waals surface area contributed by atoms with Gasteiger partial charge in [-0.3, -0.25) is 18.7 Å². The molecule has 0 aliphatic rings. The molecule has 0 saturated carbocycles. The summed E-state index contributed by atoms with van der Waals surface area (Å²) in [5.74, 6) is 0.119. The summed E-state index contributed by atoms with van der Waals surface area (Å²) in [6, 6.07) is 9.41. The lowest BCUT2D eigenvalue weighted by atomic mass is 10.2. The molecule has 3 rings (SSSR count). The number of fused-ring (bicyclic) bond motifs is 1. The molecule has 30 heavy (non-hydrogen) atoms. The molecule has 0 bridgehead atoms. The van der Waals surface area contributed by atoms with Crippen LogP contribution in [-0.2, 0) is 17.9 Å². The van der Waals surface area contributed by atoms with Crippen molar-refractivity contribution >= 4 is 34.1 Å². The number of ether oxygens (including phenoxy) is 2. The molecule has 0 atom stereocenters. The number of hydrogen-bond donors (Lipinski definition) is 2. The third-order valence-corrected chi connectivity index (χ3v) is 4.74. The van der Waals surface area contributed by atoms with Gasteiger partial charge in [0.1, 0.15) is 6.54 Å². The van der Waals surface area contributed by atoms with Gasteiger partial charge in [-0.05, 0) is 30.3 Å². The topological polar surface area (TPSA) is 112 Å². The molecule has 0 aliphatic heterocycles. The number of rotatable bonds is 7. The van der Waals surface area contributed by atoms with Crippen LogP contribution in [-0.4, -0.2) is 41.0 Å². The summed E-state index contributed by atoms with van der Waals surface area (Å²) in [5, 5.41) is 12.6. The molecule has 0 saturated heterocycles. The molecular weight excluding hydrogens is 414 g/mol. The third kappa shape index (κ3) is 4.17. The Balaban J connectivity index is 2.13. The van der Waals surface area contributed by atoms with Crippen LogP contribution in [0.5, 0.6) is 11.5 Å². The summed E-state index contributed by atoms with van der Waals surface area (Å²) < 4.78 is 12.5. The highest BCUT2D eigenvalue weighted by atomic mass is 35.5. The first kappa shape index (κ1) is 21.4. The number of aliphatic hydroxyl groups is 1. The van der Waals surface area contributed by atoms with Gasteiger partial charge in [0, 0.05) is 16.8 Å². The van der Waals surface area contributed by atoms with Gasteiger partial charge >= 0.3 is 5.69 Å². The van der Waals surface area contributed by atoms with E-state index in [0.717, 1.165) is 9.13 Å². The van der Waals surface area contributed by atoms with E-state index in [4.69, 9.17) is 21.1 Å². The molecule has 0 aliphatic carbocycles. The van der Waals surface area contributed by atoms with Crippen molar-refractivity contribution in [2.45, 2.75) is 13.1 Å². The molecule has 0 fully saturated rings. The Hall–Kier alpha value is -3.30. The van der Waals surface area contributed by atoms with Crippen molar-refractivity contribution in [3.05, 3.63) is 62.3 Å². The zero-order valence-electron chi connectivity index (χ0n) is 16.3. The number of aliphatic hydroxyl groups excluding tert-OH is 1. The van der Waals surface area contributed by atoms with E-state index in [1.54, 1.807) is 24.3 Å². The van der Waals surface area contributed by atoms with Gasteiger partial charge in [0.05, 0.1) is 38.3 Å². The van der Waals surface area contributed by atoms with Crippen LogP contribution in [0.2, 0.25) is 5.02 Å². The van der Waals surface area contributed by atoms with Crippen LogP contribution in [0.1, 0.15) is 0 Å². The lowest BCUT2D eigenvalue weighted by Crippen LogP contribution is -2.42. The largest absolute Gasteiger partial charge is 0.493 e. The van der Waals surface area contributed by atoms with E-state index in [0.29, 0.717) is 22.2 Å². The summed E-state index contributed by atoms with van der Waals surface area (Å²) in [7, 11) is 2.85. The Morgan fingerprint density at radius 3 is 2.30 bits per heavy atom. The van der Waals surface area contributed by atoms with E-state index in [2.05, 4.69) is 5.32 Å². The number of carbonyl (C=O) groups excluding carboxylic acids is 1. The number of hydrogen-bond acceptors (Lipinski definition) is 6. The highest BCUT2D eigenvalue weighted by Gasteiger charge is 2.18. The SMILES string of the molecule is COc1cc2c(=O)n(CCO)c(=O)n(CC(=O)Nc3ccc(Cl)cc3)c2cc1OC. The Bertz CT molecular complexity index is 1200. The molecular formula is C20H20ClN3O6. The van der Waals surface area contributed by atoms with Crippen molar-refractivity contribution in [2.75, 3.05) is 26.1 Å². The fourth-order valence-corrected chi connectivity index (χ4v) is 3.20. The second kappa shape index (κ2) is 9.02. The number of nitrogens with one attached hydrogen (secondary N) is 1. The summed E-state index contributed by atoms with van der Waals surface area (Å²) in [4.78, 5) is 38.3. The minimum absolute atomic E-state index is 0.153. The minimum atomic E-state index is -0.722. The zero-order valence-corrected chi connectivity index (χ0v) is 17.1. The summed E-state index contributed by atoms with van der Waals surface area (Å²) in [6.45, 7) is -0.981. The molecule has 1 aromatic heterocycles. The number of halogens is 1. The van der Waals surface area contributed by atoms with E-state index < -0.39 is 23.8 Å². The molecule has 158 valence electrons. The van der Waals surface area contributed by atoms with Gasteiger partial charge in [0.25, 0.3) is 5.56 Å². The minimum Gasteiger partial charge on any atom is -0.493 e. The van der Waals surface area contributed by atoms with Crippen molar-refractivity contribution in [3.8, 4) is 11.5 Å².